The third-order valence-electron chi connectivity index (χ3n) is 4.54. The predicted molar refractivity (Wildman–Crippen MR) is 105 cm³/mol. The van der Waals surface area contributed by atoms with E-state index < -0.39 is 5.97 Å². The molecule has 0 bridgehead atoms. The highest BCUT2D eigenvalue weighted by Gasteiger charge is 2.23. The van der Waals surface area contributed by atoms with Gasteiger partial charge in [-0.2, -0.15) is 0 Å². The van der Waals surface area contributed by atoms with Gasteiger partial charge < -0.3 is 20.1 Å². The zero-order valence-corrected chi connectivity index (χ0v) is 15.8. The minimum atomic E-state index is -0.926. The number of rotatable bonds is 7. The number of carbonyl (C=O) groups excluding carboxylic acids is 3. The van der Waals surface area contributed by atoms with Crippen LogP contribution in [-0.2, 0) is 20.8 Å². The highest BCUT2D eigenvalue weighted by atomic mass is 16.5. The first-order valence-electron chi connectivity index (χ1n) is 9.00. The van der Waals surface area contributed by atoms with Crippen LogP contribution in [-0.4, -0.2) is 42.3 Å². The lowest BCUT2D eigenvalue weighted by molar-refractivity contribution is -0.136. The Morgan fingerprint density at radius 3 is 2.52 bits per heavy atom. The number of aliphatic carboxylic acids is 1. The van der Waals surface area contributed by atoms with Gasteiger partial charge in [0.05, 0.1) is 12.1 Å². The van der Waals surface area contributed by atoms with Crippen LogP contribution in [0.1, 0.15) is 28.8 Å². The van der Waals surface area contributed by atoms with Gasteiger partial charge in [0, 0.05) is 31.1 Å². The fourth-order valence-corrected chi connectivity index (χ4v) is 2.92. The van der Waals surface area contributed by atoms with Crippen LogP contribution < -0.4 is 15.0 Å². The number of carbonyl (C=O) groups is 4. The van der Waals surface area contributed by atoms with Crippen LogP contribution in [0.4, 0.5) is 11.4 Å². The quantitative estimate of drug-likeness (QED) is 0.694. The zero-order chi connectivity index (χ0) is 21.0. The third-order valence-corrected chi connectivity index (χ3v) is 4.54. The summed E-state index contributed by atoms with van der Waals surface area (Å²) in [6.07, 6.45) is -0.0758. The van der Waals surface area contributed by atoms with E-state index in [1.54, 1.807) is 49.5 Å². The predicted octanol–water partition coefficient (Wildman–Crippen LogP) is 2.27. The van der Waals surface area contributed by atoms with Crippen molar-refractivity contribution < 1.29 is 29.0 Å². The fourth-order valence-electron chi connectivity index (χ4n) is 2.92. The second-order valence-corrected chi connectivity index (χ2v) is 6.66. The van der Waals surface area contributed by atoms with Gasteiger partial charge in [-0.3, -0.25) is 19.2 Å². The smallest absolute Gasteiger partial charge is 0.307 e. The highest BCUT2D eigenvalue weighted by Crippen LogP contribution is 2.32. The summed E-state index contributed by atoms with van der Waals surface area (Å²) in [5.41, 5.74) is 2.09. The van der Waals surface area contributed by atoms with E-state index in [-0.39, 0.29) is 43.5 Å². The first kappa shape index (κ1) is 20.1. The first-order chi connectivity index (χ1) is 13.8. The van der Waals surface area contributed by atoms with E-state index in [4.69, 9.17) is 9.84 Å². The number of amides is 2. The van der Waals surface area contributed by atoms with E-state index >= 15 is 0 Å². The maximum Gasteiger partial charge on any atom is 0.307 e. The summed E-state index contributed by atoms with van der Waals surface area (Å²) in [4.78, 5) is 48.4. The van der Waals surface area contributed by atoms with Crippen LogP contribution >= 0.6 is 0 Å². The molecule has 0 saturated heterocycles. The summed E-state index contributed by atoms with van der Waals surface area (Å²) in [7, 11) is 1.62. The molecule has 2 N–H and O–H groups in total. The summed E-state index contributed by atoms with van der Waals surface area (Å²) in [5, 5.41) is 11.4. The number of nitrogens with one attached hydrogen (secondary N) is 1. The Hall–Kier alpha value is -3.68. The van der Waals surface area contributed by atoms with Crippen LogP contribution in [0.15, 0.2) is 42.5 Å². The molecule has 1 aliphatic rings. The lowest BCUT2D eigenvalue weighted by Gasteiger charge is -2.26. The number of hydrogen-bond donors (Lipinski definition) is 2. The van der Waals surface area contributed by atoms with E-state index in [9.17, 15) is 19.2 Å². The Kier molecular flexibility index (Phi) is 5.92. The van der Waals surface area contributed by atoms with Gasteiger partial charge in [0.15, 0.2) is 12.4 Å². The first-order valence-corrected chi connectivity index (χ1v) is 9.00. The number of carboxylic acid groups (broad SMARTS) is 1. The Labute approximate surface area is 167 Å². The molecule has 0 aromatic heterocycles. The Morgan fingerprint density at radius 1 is 1.10 bits per heavy atom. The molecule has 0 atom stereocenters. The zero-order valence-electron chi connectivity index (χ0n) is 15.8. The molecule has 0 radical (unpaired) electrons. The Morgan fingerprint density at radius 2 is 1.83 bits per heavy atom. The van der Waals surface area contributed by atoms with Crippen LogP contribution in [0.2, 0.25) is 0 Å². The van der Waals surface area contributed by atoms with Crippen molar-refractivity contribution in [2.45, 2.75) is 19.3 Å². The number of carboxylic acids is 1. The van der Waals surface area contributed by atoms with Crippen molar-refractivity contribution in [3.05, 3.63) is 53.6 Å². The molecule has 8 heteroatoms. The fraction of sp³-hybridized carbons (Fsp3) is 0.238. The number of benzene rings is 2. The second-order valence-electron chi connectivity index (χ2n) is 6.66. The van der Waals surface area contributed by atoms with Gasteiger partial charge in [-0.05, 0) is 35.9 Å². The normalized spacial score (nSPS) is 12.7. The van der Waals surface area contributed by atoms with E-state index in [2.05, 4.69) is 5.32 Å². The average Bonchev–Trinajstić information content (AvgIpc) is 2.70. The number of hydrogen-bond acceptors (Lipinski definition) is 5. The van der Waals surface area contributed by atoms with Crippen molar-refractivity contribution in [3.63, 3.8) is 0 Å². The van der Waals surface area contributed by atoms with Gasteiger partial charge in [-0.1, -0.05) is 12.1 Å². The molecule has 0 saturated carbocycles. The molecule has 0 aliphatic carbocycles. The summed E-state index contributed by atoms with van der Waals surface area (Å²) >= 11 is 0. The standard InChI is InChI=1S/C21H20N2O6/c1-23-16-11-14(4-8-18(16)29-12-20(23)26)17(24)7-9-19(25)22-15-5-2-13(3-6-15)10-21(27)28/h2-6,8,11H,7,9-10,12H2,1H3,(H,22,25)(H,27,28). The maximum atomic E-state index is 12.4. The van der Waals surface area contributed by atoms with Crippen molar-refractivity contribution in [2.75, 3.05) is 23.9 Å². The SMILES string of the molecule is CN1C(=O)COc2ccc(C(=O)CCC(=O)Nc3ccc(CC(=O)O)cc3)cc21. The van der Waals surface area contributed by atoms with Gasteiger partial charge in [0.1, 0.15) is 5.75 Å². The molecule has 2 amide bonds. The van der Waals surface area contributed by atoms with Gasteiger partial charge in [0.25, 0.3) is 5.91 Å². The van der Waals surface area contributed by atoms with Gasteiger partial charge in [0.2, 0.25) is 5.91 Å². The molecule has 3 rings (SSSR count). The van der Waals surface area contributed by atoms with Crippen LogP contribution in [0.3, 0.4) is 0 Å². The van der Waals surface area contributed by atoms with Crippen molar-refractivity contribution in [3.8, 4) is 5.75 Å². The van der Waals surface area contributed by atoms with Gasteiger partial charge >= 0.3 is 5.97 Å². The van der Waals surface area contributed by atoms with E-state index in [0.717, 1.165) is 0 Å². The molecule has 8 nitrogen and oxygen atoms in total. The number of ketones is 1. The van der Waals surface area contributed by atoms with Crippen molar-refractivity contribution in [1.82, 2.24) is 0 Å². The molecular weight excluding hydrogens is 376 g/mol. The third kappa shape index (κ3) is 4.98. The van der Waals surface area contributed by atoms with Gasteiger partial charge in [-0.15, -0.1) is 0 Å². The molecule has 150 valence electrons. The largest absolute Gasteiger partial charge is 0.482 e. The second kappa shape index (κ2) is 8.55. The molecule has 1 aliphatic heterocycles. The molecule has 1 heterocycles. The number of ether oxygens (including phenoxy) is 1. The molecule has 29 heavy (non-hydrogen) atoms. The van der Waals surface area contributed by atoms with Crippen molar-refractivity contribution in [2.24, 2.45) is 0 Å². The van der Waals surface area contributed by atoms with Crippen LogP contribution in [0.5, 0.6) is 5.75 Å². The van der Waals surface area contributed by atoms with Crippen LogP contribution in [0, 0.1) is 0 Å². The van der Waals surface area contributed by atoms with Gasteiger partial charge in [-0.25, -0.2) is 0 Å². The lowest BCUT2D eigenvalue weighted by Crippen LogP contribution is -2.35. The highest BCUT2D eigenvalue weighted by molar-refractivity contribution is 6.03. The molecular formula is C21H20N2O6. The minimum absolute atomic E-state index is 0.00192. The number of nitrogens with zero attached hydrogens (tertiary/aromatic N) is 1. The molecule has 0 fully saturated rings. The Bertz CT molecular complexity index is 968. The summed E-state index contributed by atoms with van der Waals surface area (Å²) in [5.74, 6) is -1.13. The van der Waals surface area contributed by atoms with E-state index in [0.29, 0.717) is 28.3 Å². The minimum Gasteiger partial charge on any atom is -0.482 e. The maximum absolute atomic E-state index is 12.4. The van der Waals surface area contributed by atoms with E-state index in [1.165, 1.54) is 4.90 Å². The van der Waals surface area contributed by atoms with E-state index in [1.807, 2.05) is 0 Å². The van der Waals surface area contributed by atoms with Crippen LogP contribution in [0.25, 0.3) is 0 Å². The summed E-state index contributed by atoms with van der Waals surface area (Å²) < 4.78 is 5.34. The number of likely N-dealkylation sites (N-methyl/N-ethyl adjacent to an activating group) is 1. The molecule has 2 aromatic carbocycles. The number of anilines is 2. The topological polar surface area (TPSA) is 113 Å². The van der Waals surface area contributed by atoms with Crippen molar-refractivity contribution in [1.29, 1.82) is 0 Å². The lowest BCUT2D eigenvalue weighted by atomic mass is 10.0. The summed E-state index contributed by atoms with van der Waals surface area (Å²) in [6, 6.07) is 11.3. The monoisotopic (exact) mass is 396 g/mol. The number of Topliss-reactive ketones (excluding diaryl/α,β-unsaturated/α-hetero) is 1. The molecule has 0 unspecified atom stereocenters. The molecule has 0 spiro atoms. The average molecular weight is 396 g/mol. The molecule has 2 aromatic rings. The van der Waals surface area contributed by atoms with Crippen molar-refractivity contribution >= 4 is 34.9 Å². The number of fused-ring (bicyclic) bond motifs is 1. The Balaban J connectivity index is 1.56. The summed E-state index contributed by atoms with van der Waals surface area (Å²) in [6.45, 7) is -0.0335.